The van der Waals surface area contributed by atoms with Gasteiger partial charge < -0.3 is 20.7 Å². The number of anilines is 2. The van der Waals surface area contributed by atoms with Gasteiger partial charge >= 0.3 is 0 Å². The molecule has 3 heterocycles. The van der Waals surface area contributed by atoms with E-state index in [2.05, 4.69) is 52.8 Å². The molecule has 0 aromatic carbocycles. The van der Waals surface area contributed by atoms with Crippen LogP contribution in [0, 0.1) is 0 Å². The van der Waals surface area contributed by atoms with E-state index in [1.165, 1.54) is 13.1 Å². The SMILES string of the molecule is CCC[C@H](C)Nc1nc(N)c2nc(OC)n(CCCCN3CCN(C(C)C)CC3)c2n1. The number of piperazine rings is 1. The predicted octanol–water partition coefficient (Wildman–Crippen LogP) is 2.82. The highest BCUT2D eigenvalue weighted by Gasteiger charge is 2.20. The number of fused-ring (bicyclic) bond motifs is 1. The first-order valence-corrected chi connectivity index (χ1v) is 11.7. The molecule has 174 valence electrons. The van der Waals surface area contributed by atoms with Gasteiger partial charge in [0.15, 0.2) is 17.0 Å². The summed E-state index contributed by atoms with van der Waals surface area (Å²) in [5, 5.41) is 3.36. The maximum absolute atomic E-state index is 6.20. The molecule has 2 aromatic rings. The molecule has 0 amide bonds. The Balaban J connectivity index is 1.62. The highest BCUT2D eigenvalue weighted by molar-refractivity contribution is 5.84. The second-order valence-electron chi connectivity index (χ2n) is 8.87. The maximum atomic E-state index is 6.20. The average molecular weight is 433 g/mol. The third kappa shape index (κ3) is 5.98. The minimum Gasteiger partial charge on any atom is -0.468 e. The summed E-state index contributed by atoms with van der Waals surface area (Å²) in [5.41, 5.74) is 7.54. The molecule has 0 bridgehead atoms. The van der Waals surface area contributed by atoms with Crippen molar-refractivity contribution in [1.82, 2.24) is 29.3 Å². The molecule has 1 aliphatic rings. The summed E-state index contributed by atoms with van der Waals surface area (Å²) in [7, 11) is 1.64. The molecule has 31 heavy (non-hydrogen) atoms. The quantitative estimate of drug-likeness (QED) is 0.523. The fourth-order valence-corrected chi connectivity index (χ4v) is 4.26. The molecule has 1 saturated heterocycles. The van der Waals surface area contributed by atoms with E-state index in [0.717, 1.165) is 57.5 Å². The molecule has 0 aliphatic carbocycles. The zero-order valence-electron chi connectivity index (χ0n) is 19.9. The van der Waals surface area contributed by atoms with Gasteiger partial charge in [-0.2, -0.15) is 15.0 Å². The minimum atomic E-state index is 0.288. The summed E-state index contributed by atoms with van der Waals surface area (Å²) in [6.45, 7) is 15.4. The second kappa shape index (κ2) is 10.9. The Bertz CT molecular complexity index is 829. The fourth-order valence-electron chi connectivity index (χ4n) is 4.26. The molecule has 0 spiro atoms. The van der Waals surface area contributed by atoms with Crippen molar-refractivity contribution in [3.63, 3.8) is 0 Å². The van der Waals surface area contributed by atoms with Gasteiger partial charge in [0.2, 0.25) is 5.95 Å². The molecule has 1 fully saturated rings. The maximum Gasteiger partial charge on any atom is 0.298 e. The Morgan fingerprint density at radius 2 is 1.74 bits per heavy atom. The minimum absolute atomic E-state index is 0.288. The second-order valence-corrected chi connectivity index (χ2v) is 8.87. The van der Waals surface area contributed by atoms with Gasteiger partial charge in [-0.25, -0.2) is 0 Å². The highest BCUT2D eigenvalue weighted by atomic mass is 16.5. The summed E-state index contributed by atoms with van der Waals surface area (Å²) < 4.78 is 7.55. The van der Waals surface area contributed by atoms with E-state index in [1.807, 2.05) is 4.57 Å². The summed E-state index contributed by atoms with van der Waals surface area (Å²) >= 11 is 0. The number of nitrogens with zero attached hydrogens (tertiary/aromatic N) is 6. The molecule has 0 unspecified atom stereocenters. The number of nitrogens with two attached hydrogens (primary N) is 1. The third-order valence-electron chi connectivity index (χ3n) is 6.11. The van der Waals surface area contributed by atoms with Crippen molar-refractivity contribution in [3.05, 3.63) is 0 Å². The lowest BCUT2D eigenvalue weighted by molar-refractivity contribution is 0.107. The van der Waals surface area contributed by atoms with Crippen LogP contribution in [-0.4, -0.2) is 81.2 Å². The largest absolute Gasteiger partial charge is 0.468 e. The molecule has 2 aromatic heterocycles. The van der Waals surface area contributed by atoms with E-state index in [1.54, 1.807) is 7.11 Å². The van der Waals surface area contributed by atoms with E-state index >= 15 is 0 Å². The van der Waals surface area contributed by atoms with Crippen molar-refractivity contribution in [2.75, 3.05) is 50.9 Å². The first-order valence-electron chi connectivity index (χ1n) is 11.7. The van der Waals surface area contributed by atoms with Crippen LogP contribution in [0.2, 0.25) is 0 Å². The van der Waals surface area contributed by atoms with Crippen molar-refractivity contribution < 1.29 is 4.74 Å². The summed E-state index contributed by atoms with van der Waals surface area (Å²) in [6.07, 6.45) is 4.31. The van der Waals surface area contributed by atoms with Crippen LogP contribution in [-0.2, 0) is 6.54 Å². The highest BCUT2D eigenvalue weighted by Crippen LogP contribution is 2.25. The summed E-state index contributed by atoms with van der Waals surface area (Å²) in [5.74, 6) is 0.939. The lowest BCUT2D eigenvalue weighted by atomic mass is 10.2. The van der Waals surface area contributed by atoms with Crippen molar-refractivity contribution in [3.8, 4) is 6.01 Å². The van der Waals surface area contributed by atoms with Gasteiger partial charge in [0.25, 0.3) is 6.01 Å². The Labute approximate surface area is 186 Å². The molecule has 1 aliphatic heterocycles. The van der Waals surface area contributed by atoms with Crippen LogP contribution in [0.1, 0.15) is 53.4 Å². The Hall–Kier alpha value is -2.13. The number of nitrogen functional groups attached to an aromatic ring is 1. The Morgan fingerprint density at radius 1 is 1.03 bits per heavy atom. The number of hydrogen-bond donors (Lipinski definition) is 2. The molecule has 9 nitrogen and oxygen atoms in total. The average Bonchev–Trinajstić information content (AvgIpc) is 3.10. The van der Waals surface area contributed by atoms with E-state index in [4.69, 9.17) is 15.5 Å². The van der Waals surface area contributed by atoms with E-state index in [0.29, 0.717) is 29.3 Å². The number of hydrogen-bond acceptors (Lipinski definition) is 8. The topological polar surface area (TPSA) is 97.4 Å². The van der Waals surface area contributed by atoms with Gasteiger partial charge in [-0.1, -0.05) is 13.3 Å². The molecular formula is C22H40N8O. The van der Waals surface area contributed by atoms with Gasteiger partial charge in [-0.15, -0.1) is 0 Å². The number of aromatic nitrogens is 4. The van der Waals surface area contributed by atoms with Crippen molar-refractivity contribution in [2.45, 2.75) is 72.0 Å². The molecule has 3 rings (SSSR count). The molecule has 0 radical (unpaired) electrons. The summed E-state index contributed by atoms with van der Waals surface area (Å²) in [4.78, 5) is 18.8. The summed E-state index contributed by atoms with van der Waals surface area (Å²) in [6, 6.07) is 1.47. The van der Waals surface area contributed by atoms with Crippen LogP contribution in [0.15, 0.2) is 0 Å². The first kappa shape index (κ1) is 23.5. The number of aryl methyl sites for hydroxylation is 1. The van der Waals surface area contributed by atoms with Gasteiger partial charge in [-0.3, -0.25) is 9.47 Å². The van der Waals surface area contributed by atoms with E-state index < -0.39 is 0 Å². The predicted molar refractivity (Wildman–Crippen MR) is 127 cm³/mol. The van der Waals surface area contributed by atoms with Crippen molar-refractivity contribution in [2.24, 2.45) is 0 Å². The molecule has 9 heteroatoms. The van der Waals surface area contributed by atoms with E-state index in [-0.39, 0.29) is 6.04 Å². The monoisotopic (exact) mass is 432 g/mol. The zero-order chi connectivity index (χ0) is 22.4. The zero-order valence-corrected chi connectivity index (χ0v) is 19.9. The van der Waals surface area contributed by atoms with Gasteiger partial charge in [0, 0.05) is 44.8 Å². The van der Waals surface area contributed by atoms with Crippen LogP contribution < -0.4 is 15.8 Å². The lowest BCUT2D eigenvalue weighted by Crippen LogP contribution is -2.48. The van der Waals surface area contributed by atoms with Crippen LogP contribution in [0.5, 0.6) is 6.01 Å². The molecule has 1 atom stereocenters. The molecule has 3 N–H and O–H groups in total. The molecule has 0 saturated carbocycles. The van der Waals surface area contributed by atoms with E-state index in [9.17, 15) is 0 Å². The molecular weight excluding hydrogens is 392 g/mol. The van der Waals surface area contributed by atoms with Crippen LogP contribution in [0.4, 0.5) is 11.8 Å². The van der Waals surface area contributed by atoms with Crippen LogP contribution in [0.3, 0.4) is 0 Å². The number of ether oxygens (including phenoxy) is 1. The normalized spacial score (nSPS) is 16.8. The number of methoxy groups -OCH3 is 1. The number of imidazole rings is 1. The smallest absolute Gasteiger partial charge is 0.298 e. The van der Waals surface area contributed by atoms with Crippen LogP contribution in [0.25, 0.3) is 11.2 Å². The van der Waals surface area contributed by atoms with Gasteiger partial charge in [-0.05, 0) is 46.6 Å². The van der Waals surface area contributed by atoms with Crippen LogP contribution >= 0.6 is 0 Å². The fraction of sp³-hybridized carbons (Fsp3) is 0.773. The number of rotatable bonds is 11. The number of unbranched alkanes of at least 4 members (excludes halogenated alkanes) is 1. The van der Waals surface area contributed by atoms with Crippen molar-refractivity contribution in [1.29, 1.82) is 0 Å². The Kier molecular flexibility index (Phi) is 8.31. The third-order valence-corrected chi connectivity index (χ3v) is 6.11. The number of nitrogens with one attached hydrogen (secondary N) is 1. The van der Waals surface area contributed by atoms with Gasteiger partial charge in [0.1, 0.15) is 0 Å². The first-order chi connectivity index (χ1) is 14.9. The lowest BCUT2D eigenvalue weighted by Gasteiger charge is -2.36. The van der Waals surface area contributed by atoms with Gasteiger partial charge in [0.05, 0.1) is 7.11 Å². The van der Waals surface area contributed by atoms with Crippen molar-refractivity contribution >= 4 is 22.9 Å². The Morgan fingerprint density at radius 3 is 2.39 bits per heavy atom. The standard InChI is InChI=1S/C22H40N8O/c1-6-9-17(4)24-21-26-19(23)18-20(27-21)30(22(25-18)31-5)11-8-7-10-28-12-14-29(15-13-28)16(2)3/h16-17H,6-15H2,1-5H3,(H3,23,24,26,27)/t17-/m0/s1.